The van der Waals surface area contributed by atoms with Crippen LogP contribution < -0.4 is 10.1 Å². The van der Waals surface area contributed by atoms with Crippen molar-refractivity contribution in [2.45, 2.75) is 38.8 Å². The van der Waals surface area contributed by atoms with Gasteiger partial charge in [0.1, 0.15) is 11.6 Å². The van der Waals surface area contributed by atoms with E-state index in [1.54, 1.807) is 12.1 Å². The largest absolute Gasteiger partial charge is 0.484 e. The lowest BCUT2D eigenvalue weighted by Crippen LogP contribution is -2.28. The molecule has 1 fully saturated rings. The van der Waals surface area contributed by atoms with Crippen molar-refractivity contribution < 1.29 is 13.9 Å². The molecule has 1 amide bonds. The summed E-state index contributed by atoms with van der Waals surface area (Å²) in [7, 11) is 0. The Bertz CT molecular complexity index is 743. The number of likely N-dealkylation sites (tertiary alicyclic amines) is 1. The first-order valence-electron chi connectivity index (χ1n) is 9.64. The van der Waals surface area contributed by atoms with E-state index in [1.807, 2.05) is 12.1 Å². The average Bonchev–Trinajstić information content (AvgIpc) is 2.94. The highest BCUT2D eigenvalue weighted by Gasteiger charge is 2.10. The van der Waals surface area contributed by atoms with Gasteiger partial charge in [0.2, 0.25) is 0 Å². The number of amides is 1. The molecule has 0 spiro atoms. The van der Waals surface area contributed by atoms with E-state index in [1.165, 1.54) is 56.5 Å². The summed E-state index contributed by atoms with van der Waals surface area (Å²) in [6.45, 7) is 3.62. The van der Waals surface area contributed by atoms with Crippen LogP contribution in [0.5, 0.6) is 5.75 Å². The molecule has 2 aromatic rings. The van der Waals surface area contributed by atoms with Crippen LogP contribution in [0.3, 0.4) is 0 Å². The summed E-state index contributed by atoms with van der Waals surface area (Å²) in [4.78, 5) is 14.5. The number of carbonyl (C=O) groups is 1. The zero-order chi connectivity index (χ0) is 18.9. The molecule has 144 valence electrons. The molecular weight excluding hydrogens is 343 g/mol. The van der Waals surface area contributed by atoms with Crippen molar-refractivity contribution in [2.75, 3.05) is 19.7 Å². The first-order chi connectivity index (χ1) is 13.2. The summed E-state index contributed by atoms with van der Waals surface area (Å²) in [5.41, 5.74) is 2.35. The molecule has 0 unspecified atom stereocenters. The minimum atomic E-state index is -0.380. The minimum absolute atomic E-state index is 0.128. The number of rotatable bonds is 7. The summed E-state index contributed by atoms with van der Waals surface area (Å²) in [5.74, 6) is -0.254. The first-order valence-corrected chi connectivity index (χ1v) is 9.64. The highest BCUT2D eigenvalue weighted by molar-refractivity contribution is 5.77. The van der Waals surface area contributed by atoms with Gasteiger partial charge in [0.05, 0.1) is 0 Å². The molecule has 1 N–H and O–H groups in total. The van der Waals surface area contributed by atoms with Crippen LogP contribution in [0.15, 0.2) is 48.5 Å². The van der Waals surface area contributed by atoms with E-state index in [4.69, 9.17) is 4.74 Å². The molecule has 1 heterocycles. The van der Waals surface area contributed by atoms with E-state index >= 15 is 0 Å². The molecular formula is C22H27FN2O2. The summed E-state index contributed by atoms with van der Waals surface area (Å²) in [6.07, 6.45) is 5.22. The van der Waals surface area contributed by atoms with Crippen LogP contribution in [0.1, 0.15) is 36.8 Å². The van der Waals surface area contributed by atoms with Gasteiger partial charge in [-0.05, 0) is 49.2 Å². The van der Waals surface area contributed by atoms with Gasteiger partial charge < -0.3 is 10.1 Å². The van der Waals surface area contributed by atoms with E-state index in [2.05, 4.69) is 22.3 Å². The van der Waals surface area contributed by atoms with Gasteiger partial charge in [-0.2, -0.15) is 0 Å². The predicted molar refractivity (Wildman–Crippen MR) is 104 cm³/mol. The van der Waals surface area contributed by atoms with E-state index in [0.29, 0.717) is 12.3 Å². The summed E-state index contributed by atoms with van der Waals surface area (Å²) in [6, 6.07) is 14.1. The van der Waals surface area contributed by atoms with Crippen LogP contribution in [0.2, 0.25) is 0 Å². The Morgan fingerprint density at radius 1 is 1.00 bits per heavy atom. The first kappa shape index (κ1) is 19.4. The molecule has 0 radical (unpaired) electrons. The number of carbonyl (C=O) groups excluding carboxylic acids is 1. The highest BCUT2D eigenvalue weighted by atomic mass is 19.1. The number of halogens is 1. The second-order valence-electron chi connectivity index (χ2n) is 7.03. The van der Waals surface area contributed by atoms with Crippen LogP contribution in [-0.4, -0.2) is 30.5 Å². The second kappa shape index (κ2) is 10.1. The van der Waals surface area contributed by atoms with Crippen molar-refractivity contribution in [1.82, 2.24) is 10.2 Å². The maximum absolute atomic E-state index is 13.1. The Morgan fingerprint density at radius 3 is 2.52 bits per heavy atom. The van der Waals surface area contributed by atoms with Gasteiger partial charge in [0, 0.05) is 19.2 Å². The van der Waals surface area contributed by atoms with Crippen molar-refractivity contribution in [1.29, 1.82) is 0 Å². The lowest BCUT2D eigenvalue weighted by Gasteiger charge is -2.20. The Hall–Kier alpha value is -2.40. The van der Waals surface area contributed by atoms with Gasteiger partial charge in [0.25, 0.3) is 5.91 Å². The Kier molecular flexibility index (Phi) is 7.22. The lowest BCUT2D eigenvalue weighted by molar-refractivity contribution is -0.123. The van der Waals surface area contributed by atoms with Crippen molar-refractivity contribution in [3.63, 3.8) is 0 Å². The summed E-state index contributed by atoms with van der Waals surface area (Å²) < 4.78 is 18.4. The fourth-order valence-electron chi connectivity index (χ4n) is 3.35. The quantitative estimate of drug-likeness (QED) is 0.804. The van der Waals surface area contributed by atoms with Gasteiger partial charge in [-0.3, -0.25) is 9.69 Å². The maximum atomic E-state index is 13.1. The monoisotopic (exact) mass is 370 g/mol. The number of benzene rings is 2. The molecule has 27 heavy (non-hydrogen) atoms. The smallest absolute Gasteiger partial charge is 0.258 e. The average molecular weight is 370 g/mol. The summed E-state index contributed by atoms with van der Waals surface area (Å²) >= 11 is 0. The molecule has 2 aromatic carbocycles. The molecule has 1 aliphatic rings. The number of nitrogens with zero attached hydrogens (tertiary/aromatic N) is 1. The summed E-state index contributed by atoms with van der Waals surface area (Å²) in [5, 5.41) is 2.85. The topological polar surface area (TPSA) is 41.6 Å². The third-order valence-corrected chi connectivity index (χ3v) is 4.75. The third kappa shape index (κ3) is 6.68. The lowest BCUT2D eigenvalue weighted by atomic mass is 10.1. The number of hydrogen-bond acceptors (Lipinski definition) is 3. The fraction of sp³-hybridized carbons (Fsp3) is 0.409. The molecule has 0 atom stereocenters. The molecule has 1 saturated heterocycles. The molecule has 0 bridgehead atoms. The van der Waals surface area contributed by atoms with Gasteiger partial charge in [-0.1, -0.05) is 43.2 Å². The van der Waals surface area contributed by atoms with Crippen LogP contribution in [-0.2, 0) is 17.9 Å². The normalized spacial score (nSPS) is 15.1. The Balaban J connectivity index is 1.45. The molecule has 0 aliphatic carbocycles. The Labute approximate surface area is 160 Å². The predicted octanol–water partition coefficient (Wildman–Crippen LogP) is 3.90. The number of ether oxygens (including phenoxy) is 1. The van der Waals surface area contributed by atoms with E-state index in [-0.39, 0.29) is 18.3 Å². The highest BCUT2D eigenvalue weighted by Crippen LogP contribution is 2.14. The molecule has 3 rings (SSSR count). The van der Waals surface area contributed by atoms with Gasteiger partial charge in [-0.15, -0.1) is 0 Å². The van der Waals surface area contributed by atoms with Gasteiger partial charge >= 0.3 is 0 Å². The molecule has 4 nitrogen and oxygen atoms in total. The standard InChI is InChI=1S/C22H27FN2O2/c23-20-9-6-10-21(14-20)27-17-22(26)24-15-18-7-5-8-19(13-18)16-25-11-3-1-2-4-12-25/h5-10,13-14H,1-4,11-12,15-17H2,(H,24,26). The molecule has 0 saturated carbocycles. The van der Waals surface area contributed by atoms with Crippen LogP contribution in [0.4, 0.5) is 4.39 Å². The fourth-order valence-corrected chi connectivity index (χ4v) is 3.35. The second-order valence-corrected chi connectivity index (χ2v) is 7.03. The van der Waals surface area contributed by atoms with Gasteiger partial charge in [0.15, 0.2) is 6.61 Å². The van der Waals surface area contributed by atoms with Crippen molar-refractivity contribution in [3.8, 4) is 5.75 Å². The minimum Gasteiger partial charge on any atom is -0.484 e. The zero-order valence-corrected chi connectivity index (χ0v) is 15.6. The molecule has 0 aromatic heterocycles. The Morgan fingerprint density at radius 2 is 1.74 bits per heavy atom. The zero-order valence-electron chi connectivity index (χ0n) is 15.6. The van der Waals surface area contributed by atoms with Crippen LogP contribution >= 0.6 is 0 Å². The maximum Gasteiger partial charge on any atom is 0.258 e. The van der Waals surface area contributed by atoms with Crippen molar-refractivity contribution in [2.24, 2.45) is 0 Å². The number of hydrogen-bond donors (Lipinski definition) is 1. The number of nitrogens with one attached hydrogen (secondary N) is 1. The van der Waals surface area contributed by atoms with Crippen molar-refractivity contribution in [3.05, 3.63) is 65.5 Å². The van der Waals surface area contributed by atoms with Gasteiger partial charge in [-0.25, -0.2) is 4.39 Å². The van der Waals surface area contributed by atoms with Crippen LogP contribution in [0, 0.1) is 5.82 Å². The van der Waals surface area contributed by atoms with Crippen molar-refractivity contribution >= 4 is 5.91 Å². The van der Waals surface area contributed by atoms with Crippen LogP contribution in [0.25, 0.3) is 0 Å². The van der Waals surface area contributed by atoms with E-state index in [0.717, 1.165) is 12.1 Å². The SMILES string of the molecule is O=C(COc1cccc(F)c1)NCc1cccc(CN2CCCCCC2)c1. The molecule has 1 aliphatic heterocycles. The van der Waals surface area contributed by atoms with E-state index in [9.17, 15) is 9.18 Å². The molecule has 5 heteroatoms. The third-order valence-electron chi connectivity index (χ3n) is 4.75. The van der Waals surface area contributed by atoms with E-state index < -0.39 is 0 Å².